The molecule has 0 radical (unpaired) electrons. The maximum absolute atomic E-state index is 13.5. The fourth-order valence-electron chi connectivity index (χ4n) is 3.35. The summed E-state index contributed by atoms with van der Waals surface area (Å²) in [5.41, 5.74) is 1.65. The van der Waals surface area contributed by atoms with E-state index in [1.807, 2.05) is 30.3 Å². The number of halogens is 1. The summed E-state index contributed by atoms with van der Waals surface area (Å²) in [6.45, 7) is -0.0749. The van der Waals surface area contributed by atoms with Gasteiger partial charge in [0.1, 0.15) is 11.8 Å². The largest absolute Gasteiger partial charge is 0.482 e. The van der Waals surface area contributed by atoms with Gasteiger partial charge in [0.05, 0.1) is 7.11 Å². The Morgan fingerprint density at radius 1 is 1.03 bits per heavy atom. The van der Waals surface area contributed by atoms with E-state index in [0.717, 1.165) is 5.56 Å². The van der Waals surface area contributed by atoms with Crippen molar-refractivity contribution in [3.05, 3.63) is 95.0 Å². The molecule has 3 aromatic rings. The van der Waals surface area contributed by atoms with Crippen molar-refractivity contribution in [3.8, 4) is 18.1 Å². The zero-order valence-electron chi connectivity index (χ0n) is 18.9. The average molecular weight is 491 g/mol. The molecule has 0 aliphatic carbocycles. The van der Waals surface area contributed by atoms with E-state index in [9.17, 15) is 14.4 Å². The lowest BCUT2D eigenvalue weighted by Gasteiger charge is -2.30. The Morgan fingerprint density at radius 3 is 2.46 bits per heavy atom. The molecule has 0 aliphatic rings. The van der Waals surface area contributed by atoms with Gasteiger partial charge in [-0.25, -0.2) is 4.79 Å². The topological polar surface area (TPSA) is 84.9 Å². The lowest BCUT2D eigenvalue weighted by Crippen LogP contribution is -2.43. The maximum Gasteiger partial charge on any atom is 0.343 e. The van der Waals surface area contributed by atoms with Gasteiger partial charge in [-0.05, 0) is 47.4 Å². The molecule has 8 heteroatoms. The maximum atomic E-state index is 13.5. The first-order chi connectivity index (χ1) is 16.9. The van der Waals surface area contributed by atoms with Crippen LogP contribution in [-0.4, -0.2) is 31.5 Å². The minimum atomic E-state index is -1.15. The zero-order chi connectivity index (χ0) is 25.2. The van der Waals surface area contributed by atoms with Crippen LogP contribution in [-0.2, 0) is 25.7 Å². The smallest absolute Gasteiger partial charge is 0.343 e. The molecule has 3 rings (SSSR count). The molecule has 1 atom stereocenters. The van der Waals surface area contributed by atoms with Crippen molar-refractivity contribution in [1.29, 1.82) is 0 Å². The summed E-state index contributed by atoms with van der Waals surface area (Å²) < 4.78 is 10.1. The van der Waals surface area contributed by atoms with Crippen LogP contribution in [0.1, 0.15) is 17.2 Å². The van der Waals surface area contributed by atoms with Crippen LogP contribution in [0.2, 0.25) is 5.02 Å². The Morgan fingerprint density at radius 2 is 1.77 bits per heavy atom. The molecule has 7 nitrogen and oxygen atoms in total. The van der Waals surface area contributed by atoms with Gasteiger partial charge < -0.3 is 14.8 Å². The first-order valence-electron chi connectivity index (χ1n) is 10.6. The normalized spacial score (nSPS) is 11.0. The number of nitrogens with one attached hydrogen (secondary N) is 1. The minimum absolute atomic E-state index is 0.238. The Bertz CT molecular complexity index is 1240. The van der Waals surface area contributed by atoms with Gasteiger partial charge in [0, 0.05) is 17.3 Å². The Balaban J connectivity index is 2.02. The molecule has 35 heavy (non-hydrogen) atoms. The number of benzene rings is 3. The number of esters is 1. The van der Waals surface area contributed by atoms with Crippen molar-refractivity contribution in [1.82, 2.24) is 5.32 Å². The molecule has 1 N–H and O–H groups in total. The van der Waals surface area contributed by atoms with Crippen LogP contribution in [0.15, 0.2) is 78.9 Å². The fourth-order valence-corrected chi connectivity index (χ4v) is 3.54. The van der Waals surface area contributed by atoms with E-state index in [4.69, 9.17) is 22.8 Å². The third-order valence-electron chi connectivity index (χ3n) is 5.00. The van der Waals surface area contributed by atoms with Gasteiger partial charge >= 0.3 is 11.9 Å². The van der Waals surface area contributed by atoms with Crippen LogP contribution < -0.4 is 15.0 Å². The van der Waals surface area contributed by atoms with Gasteiger partial charge in [0.15, 0.2) is 6.61 Å². The van der Waals surface area contributed by atoms with Crippen molar-refractivity contribution in [2.45, 2.75) is 12.6 Å². The Labute approximate surface area is 208 Å². The third-order valence-corrected chi connectivity index (χ3v) is 5.24. The number of anilines is 1. The highest BCUT2D eigenvalue weighted by Crippen LogP contribution is 2.31. The molecule has 0 aromatic heterocycles. The van der Waals surface area contributed by atoms with Crippen molar-refractivity contribution in [2.24, 2.45) is 0 Å². The summed E-state index contributed by atoms with van der Waals surface area (Å²) in [6, 6.07) is 21.2. The first-order valence-corrected chi connectivity index (χ1v) is 11.0. The second-order valence-electron chi connectivity index (χ2n) is 7.34. The van der Waals surface area contributed by atoms with Gasteiger partial charge in [-0.1, -0.05) is 60.1 Å². The van der Waals surface area contributed by atoms with E-state index in [0.29, 0.717) is 22.0 Å². The van der Waals surface area contributed by atoms with E-state index in [-0.39, 0.29) is 13.2 Å². The number of rotatable bonds is 9. The number of carbonyl (C=O) groups excluding carboxylic acids is 3. The summed E-state index contributed by atoms with van der Waals surface area (Å²) in [7, 11) is 1.25. The monoisotopic (exact) mass is 490 g/mol. The Kier molecular flexibility index (Phi) is 8.88. The highest BCUT2D eigenvalue weighted by molar-refractivity contribution is 6.31. The standard InChI is InChI=1S/C27H23ClN2O5/c1-3-24(31)30(22-13-8-12-21(28)16-22)26(27(33)29-17-19-9-5-4-6-10-19)20-11-7-14-23(15-20)35-18-25(32)34-2/h1,4-16,26H,17-18H2,2H3,(H,29,33). The lowest BCUT2D eigenvalue weighted by atomic mass is 10.0. The van der Waals surface area contributed by atoms with E-state index in [1.165, 1.54) is 12.0 Å². The summed E-state index contributed by atoms with van der Waals surface area (Å²) in [5, 5.41) is 3.24. The van der Waals surface area contributed by atoms with Crippen LogP contribution in [0.3, 0.4) is 0 Å². The molecule has 0 saturated carbocycles. The van der Waals surface area contributed by atoms with Crippen molar-refractivity contribution >= 4 is 35.1 Å². The van der Waals surface area contributed by atoms with E-state index < -0.39 is 23.8 Å². The van der Waals surface area contributed by atoms with Crippen molar-refractivity contribution in [3.63, 3.8) is 0 Å². The molecule has 2 amide bonds. The molecular weight excluding hydrogens is 468 g/mol. The Hall–Kier alpha value is -4.28. The molecule has 0 bridgehead atoms. The molecule has 0 aliphatic heterocycles. The van der Waals surface area contributed by atoms with Gasteiger partial charge in [0.2, 0.25) is 5.91 Å². The van der Waals surface area contributed by atoms with E-state index >= 15 is 0 Å². The fraction of sp³-hybridized carbons (Fsp3) is 0.148. The van der Waals surface area contributed by atoms with Crippen LogP contribution >= 0.6 is 11.6 Å². The average Bonchev–Trinajstić information content (AvgIpc) is 2.89. The second-order valence-corrected chi connectivity index (χ2v) is 7.78. The molecule has 0 heterocycles. The molecule has 178 valence electrons. The number of methoxy groups -OCH3 is 1. The van der Waals surface area contributed by atoms with Gasteiger partial charge in [-0.3, -0.25) is 14.5 Å². The van der Waals surface area contributed by atoms with Crippen molar-refractivity contribution in [2.75, 3.05) is 18.6 Å². The highest BCUT2D eigenvalue weighted by atomic mass is 35.5. The number of nitrogens with zero attached hydrogens (tertiary/aromatic N) is 1. The minimum Gasteiger partial charge on any atom is -0.482 e. The van der Waals surface area contributed by atoms with Gasteiger partial charge in [-0.15, -0.1) is 6.42 Å². The van der Waals surface area contributed by atoms with Crippen LogP contribution in [0.25, 0.3) is 0 Å². The number of amides is 2. The zero-order valence-corrected chi connectivity index (χ0v) is 19.7. The molecule has 1 unspecified atom stereocenters. The molecule has 0 spiro atoms. The SMILES string of the molecule is C#CC(=O)N(c1cccc(Cl)c1)C(C(=O)NCc1ccccc1)c1cccc(OCC(=O)OC)c1. The van der Waals surface area contributed by atoms with Gasteiger partial charge in [-0.2, -0.15) is 0 Å². The van der Waals surface area contributed by atoms with Crippen molar-refractivity contribution < 1.29 is 23.9 Å². The molecule has 0 fully saturated rings. The lowest BCUT2D eigenvalue weighted by molar-refractivity contribution is -0.142. The number of hydrogen-bond donors (Lipinski definition) is 1. The highest BCUT2D eigenvalue weighted by Gasteiger charge is 2.32. The summed E-state index contributed by atoms with van der Waals surface area (Å²) >= 11 is 6.16. The second kappa shape index (κ2) is 12.3. The van der Waals surface area contributed by atoms with Crippen LogP contribution in [0.4, 0.5) is 5.69 Å². The molecule has 0 saturated heterocycles. The summed E-state index contributed by atoms with van der Waals surface area (Å²) in [6.07, 6.45) is 5.47. The summed E-state index contributed by atoms with van der Waals surface area (Å²) in [4.78, 5) is 39.2. The predicted molar refractivity (Wildman–Crippen MR) is 133 cm³/mol. The van der Waals surface area contributed by atoms with E-state index in [2.05, 4.69) is 16.0 Å². The van der Waals surface area contributed by atoms with E-state index in [1.54, 1.807) is 48.5 Å². The number of carbonyl (C=O) groups is 3. The predicted octanol–water partition coefficient (Wildman–Crippen LogP) is 3.92. The first kappa shape index (κ1) is 25.3. The van der Waals surface area contributed by atoms with Gasteiger partial charge in [0.25, 0.3) is 0 Å². The third kappa shape index (κ3) is 6.85. The number of hydrogen-bond acceptors (Lipinski definition) is 5. The number of ether oxygens (including phenoxy) is 2. The molecular formula is C27H23ClN2O5. The number of terminal acetylenes is 1. The summed E-state index contributed by atoms with van der Waals surface area (Å²) in [5.74, 6) is 0.650. The molecule has 3 aromatic carbocycles. The van der Waals surface area contributed by atoms with Crippen LogP contribution in [0, 0.1) is 12.3 Å². The quantitative estimate of drug-likeness (QED) is 0.363. The van der Waals surface area contributed by atoms with Crippen LogP contribution in [0.5, 0.6) is 5.75 Å².